The second-order valence-corrected chi connectivity index (χ2v) is 8.74. The van der Waals surface area contributed by atoms with Crippen molar-refractivity contribution in [3.8, 4) is 0 Å². The van der Waals surface area contributed by atoms with Crippen LogP contribution >= 0.6 is 7.82 Å². The third kappa shape index (κ3) is 32.2. The van der Waals surface area contributed by atoms with Crippen LogP contribution in [0.4, 0.5) is 0 Å². The first-order valence-corrected chi connectivity index (χ1v) is 11.7. The standard InChI is InChI=1S/C19H42N.H3O4P/c1-5-7-9-10-11-12-13-14-15-17-19-20(3,4)18-16-8-6-2;1-5(2,3)4/h5-19H2,1-4H3;(H3,1,2,3,4)/q+1;/p-1. The summed E-state index contributed by atoms with van der Waals surface area (Å²) >= 11 is 0. The lowest BCUT2D eigenvalue weighted by atomic mass is 10.1. The van der Waals surface area contributed by atoms with Crippen LogP contribution in [0.15, 0.2) is 0 Å². The fourth-order valence-electron chi connectivity index (χ4n) is 2.93. The smallest absolute Gasteiger partial charge is 0.262 e. The van der Waals surface area contributed by atoms with Crippen LogP contribution in [0.3, 0.4) is 0 Å². The summed E-state index contributed by atoms with van der Waals surface area (Å²) in [7, 11) is -0.0766. The van der Waals surface area contributed by atoms with Gasteiger partial charge >= 0.3 is 0 Å². The number of hydrogen-bond acceptors (Lipinski definition) is 2. The molecule has 0 bridgehead atoms. The highest BCUT2D eigenvalue weighted by Gasteiger charge is 2.13. The van der Waals surface area contributed by atoms with Crippen molar-refractivity contribution in [3.63, 3.8) is 0 Å². The average molecular weight is 382 g/mol. The van der Waals surface area contributed by atoms with E-state index < -0.39 is 7.82 Å². The van der Waals surface area contributed by atoms with Crippen LogP contribution < -0.4 is 4.89 Å². The summed E-state index contributed by atoms with van der Waals surface area (Å²) < 4.78 is 10.0. The summed E-state index contributed by atoms with van der Waals surface area (Å²) in [6.45, 7) is 7.33. The zero-order valence-electron chi connectivity index (χ0n) is 17.2. The van der Waals surface area contributed by atoms with Gasteiger partial charge < -0.3 is 19.2 Å². The van der Waals surface area contributed by atoms with Gasteiger partial charge in [0.1, 0.15) is 0 Å². The maximum absolute atomic E-state index is 8.77. The molecule has 0 aliphatic carbocycles. The molecule has 0 rings (SSSR count). The van der Waals surface area contributed by atoms with Crippen molar-refractivity contribution in [2.75, 3.05) is 27.2 Å². The van der Waals surface area contributed by atoms with Crippen molar-refractivity contribution in [1.29, 1.82) is 0 Å². The number of phosphoric acid groups is 1. The fraction of sp³-hybridized carbons (Fsp3) is 1.00. The SMILES string of the molecule is CCCCCCCCCCCC[N+](C)(C)CCCCC.O=P([O-])(O)O. The van der Waals surface area contributed by atoms with Crippen molar-refractivity contribution in [2.45, 2.75) is 97.3 Å². The minimum absolute atomic E-state index is 1.23. The van der Waals surface area contributed by atoms with E-state index in [1.54, 1.807) is 0 Å². The predicted molar refractivity (Wildman–Crippen MR) is 105 cm³/mol. The van der Waals surface area contributed by atoms with E-state index >= 15 is 0 Å². The zero-order valence-corrected chi connectivity index (χ0v) is 18.1. The van der Waals surface area contributed by atoms with Gasteiger partial charge in [-0.3, -0.25) is 4.57 Å². The highest BCUT2D eigenvalue weighted by atomic mass is 31.2. The van der Waals surface area contributed by atoms with Crippen molar-refractivity contribution in [3.05, 3.63) is 0 Å². The van der Waals surface area contributed by atoms with Crippen LogP contribution in [0.5, 0.6) is 0 Å². The molecule has 0 spiro atoms. The van der Waals surface area contributed by atoms with Gasteiger partial charge in [0.05, 0.1) is 27.2 Å². The van der Waals surface area contributed by atoms with Gasteiger partial charge in [-0.1, -0.05) is 71.6 Å². The Balaban J connectivity index is 0. The first kappa shape index (κ1) is 27.3. The molecule has 0 heterocycles. The summed E-state index contributed by atoms with van der Waals surface area (Å²) in [6.07, 6.45) is 18.6. The maximum atomic E-state index is 8.77. The van der Waals surface area contributed by atoms with Gasteiger partial charge in [-0.15, -0.1) is 0 Å². The maximum Gasteiger partial charge on any atom is 0.262 e. The molecule has 0 atom stereocenters. The van der Waals surface area contributed by atoms with Gasteiger partial charge in [-0.25, -0.2) is 0 Å². The lowest BCUT2D eigenvalue weighted by Gasteiger charge is -2.29. The van der Waals surface area contributed by atoms with E-state index in [9.17, 15) is 0 Å². The topological polar surface area (TPSA) is 80.6 Å². The lowest BCUT2D eigenvalue weighted by Crippen LogP contribution is -2.41. The number of nitrogens with zero attached hydrogens (tertiary/aromatic N) is 1. The van der Waals surface area contributed by atoms with Gasteiger partial charge in [0, 0.05) is 0 Å². The quantitative estimate of drug-likeness (QED) is 0.246. The van der Waals surface area contributed by atoms with Crippen molar-refractivity contribution < 1.29 is 23.7 Å². The highest BCUT2D eigenvalue weighted by molar-refractivity contribution is 7.43. The molecule has 0 aromatic carbocycles. The Morgan fingerprint density at radius 1 is 0.680 bits per heavy atom. The fourth-order valence-corrected chi connectivity index (χ4v) is 2.93. The first-order chi connectivity index (χ1) is 11.6. The van der Waals surface area contributed by atoms with E-state index in [2.05, 4.69) is 27.9 Å². The molecule has 0 saturated heterocycles. The van der Waals surface area contributed by atoms with Gasteiger partial charge in [0.15, 0.2) is 0 Å². The molecule has 0 saturated carbocycles. The lowest BCUT2D eigenvalue weighted by molar-refractivity contribution is -0.890. The Bertz CT molecular complexity index is 310. The van der Waals surface area contributed by atoms with Crippen LogP contribution in [0.2, 0.25) is 0 Å². The summed E-state index contributed by atoms with van der Waals surface area (Å²) in [5, 5.41) is 0. The molecule has 5 nitrogen and oxygen atoms in total. The van der Waals surface area contributed by atoms with Gasteiger partial charge in [-0.2, -0.15) is 0 Å². The van der Waals surface area contributed by atoms with Crippen LogP contribution in [0.25, 0.3) is 0 Å². The van der Waals surface area contributed by atoms with Crippen molar-refractivity contribution in [1.82, 2.24) is 0 Å². The third-order valence-corrected chi connectivity index (χ3v) is 4.48. The molecule has 0 aromatic rings. The number of rotatable bonds is 15. The molecule has 0 aliphatic rings. The molecule has 6 heteroatoms. The first-order valence-electron chi connectivity index (χ1n) is 10.2. The Morgan fingerprint density at radius 3 is 1.28 bits per heavy atom. The molecule has 0 unspecified atom stereocenters. The van der Waals surface area contributed by atoms with Gasteiger partial charge in [0.25, 0.3) is 7.82 Å². The predicted octanol–water partition coefficient (Wildman–Crippen LogP) is 4.61. The van der Waals surface area contributed by atoms with E-state index in [0.717, 1.165) is 0 Å². The molecule has 0 radical (unpaired) electrons. The summed E-state index contributed by atoms with van der Waals surface area (Å²) in [6, 6.07) is 0. The van der Waals surface area contributed by atoms with Crippen LogP contribution in [0, 0.1) is 0 Å². The molecule has 154 valence electrons. The van der Waals surface area contributed by atoms with Gasteiger partial charge in [-0.05, 0) is 25.7 Å². The minimum atomic E-state index is -4.89. The second kappa shape index (κ2) is 17.5. The summed E-state index contributed by atoms with van der Waals surface area (Å²) in [4.78, 5) is 22.9. The normalized spacial score (nSPS) is 12.0. The van der Waals surface area contributed by atoms with Gasteiger partial charge in [0.2, 0.25) is 0 Å². The van der Waals surface area contributed by atoms with Crippen molar-refractivity contribution in [2.24, 2.45) is 0 Å². The minimum Gasteiger partial charge on any atom is -0.756 e. The molecule has 0 amide bonds. The van der Waals surface area contributed by atoms with Crippen LogP contribution in [-0.2, 0) is 4.57 Å². The Morgan fingerprint density at radius 2 is 0.920 bits per heavy atom. The average Bonchev–Trinajstić information content (AvgIpc) is 2.47. The Hall–Kier alpha value is 0.0700. The third-order valence-electron chi connectivity index (χ3n) is 4.48. The Labute approximate surface area is 156 Å². The Kier molecular flexibility index (Phi) is 19.1. The van der Waals surface area contributed by atoms with Crippen LogP contribution in [0.1, 0.15) is 97.3 Å². The zero-order chi connectivity index (χ0) is 19.6. The molecule has 0 fully saturated rings. The van der Waals surface area contributed by atoms with E-state index in [1.807, 2.05) is 0 Å². The van der Waals surface area contributed by atoms with E-state index in [-0.39, 0.29) is 0 Å². The summed E-state index contributed by atoms with van der Waals surface area (Å²) in [5.41, 5.74) is 0. The number of quaternary nitrogens is 1. The van der Waals surface area contributed by atoms with E-state index in [1.165, 1.54) is 101 Å². The number of hydrogen-bond donors (Lipinski definition) is 2. The van der Waals surface area contributed by atoms with E-state index in [0.29, 0.717) is 0 Å². The molecule has 2 N–H and O–H groups in total. The van der Waals surface area contributed by atoms with E-state index in [4.69, 9.17) is 19.2 Å². The van der Waals surface area contributed by atoms with Crippen LogP contribution in [-0.4, -0.2) is 41.5 Å². The highest BCUT2D eigenvalue weighted by Crippen LogP contribution is 2.19. The molecule has 0 aromatic heterocycles. The summed E-state index contributed by atoms with van der Waals surface area (Å²) in [5.74, 6) is 0. The molecular weight excluding hydrogens is 337 g/mol. The molecule has 0 aliphatic heterocycles. The number of unbranched alkanes of at least 4 members (excludes halogenated alkanes) is 11. The molecular formula is C19H44NO4P. The van der Waals surface area contributed by atoms with Crippen molar-refractivity contribution >= 4 is 7.82 Å². The molecule has 25 heavy (non-hydrogen) atoms. The second-order valence-electron chi connectivity index (χ2n) is 7.76. The largest absolute Gasteiger partial charge is 0.756 e. The monoisotopic (exact) mass is 381 g/mol.